The highest BCUT2D eigenvalue weighted by Gasteiger charge is 2.29. The minimum Gasteiger partial charge on any atom is -0.460 e. The molecular weight excluding hydrogens is 414 g/mol. The van der Waals surface area contributed by atoms with Crippen LogP contribution in [0.2, 0.25) is 0 Å². The first-order chi connectivity index (χ1) is 15.2. The Morgan fingerprint density at radius 1 is 0.938 bits per heavy atom. The van der Waals surface area contributed by atoms with E-state index in [9.17, 15) is 14.4 Å². The summed E-state index contributed by atoms with van der Waals surface area (Å²) in [4.78, 5) is 36.0. The summed E-state index contributed by atoms with van der Waals surface area (Å²) in [6.45, 7) is 8.53. The van der Waals surface area contributed by atoms with E-state index in [1.165, 1.54) is 6.92 Å². The van der Waals surface area contributed by atoms with E-state index in [0.717, 1.165) is 19.3 Å². The van der Waals surface area contributed by atoms with Gasteiger partial charge in [0.05, 0.1) is 6.10 Å². The van der Waals surface area contributed by atoms with Gasteiger partial charge in [-0.25, -0.2) is 0 Å². The van der Waals surface area contributed by atoms with E-state index in [-0.39, 0.29) is 36.2 Å². The number of esters is 1. The van der Waals surface area contributed by atoms with Crippen molar-refractivity contribution in [3.8, 4) is 0 Å². The number of methoxy groups -OCH3 is 3. The maximum absolute atomic E-state index is 11.8. The van der Waals surface area contributed by atoms with Gasteiger partial charge in [0.2, 0.25) is 6.41 Å². The fourth-order valence-corrected chi connectivity index (χ4v) is 3.84. The molecule has 0 aliphatic rings. The van der Waals surface area contributed by atoms with Crippen LogP contribution in [0.5, 0.6) is 0 Å². The lowest BCUT2D eigenvalue weighted by atomic mass is 9.85. The summed E-state index contributed by atoms with van der Waals surface area (Å²) in [5, 5.41) is 0. The summed E-state index contributed by atoms with van der Waals surface area (Å²) in [5.74, 6) is 0.408. The normalized spacial score (nSPS) is 15.1. The average Bonchev–Trinajstić information content (AvgIpc) is 2.78. The molecular formula is C24H45NO7. The molecule has 0 aromatic carbocycles. The molecule has 1 amide bonds. The van der Waals surface area contributed by atoms with Gasteiger partial charge in [0.15, 0.2) is 6.29 Å². The Balaban J connectivity index is 5.12. The molecule has 0 aliphatic heterocycles. The Kier molecular flexibility index (Phi) is 17.1. The van der Waals surface area contributed by atoms with Gasteiger partial charge in [-0.1, -0.05) is 20.8 Å². The number of hydrogen-bond donors (Lipinski definition) is 0. The fourth-order valence-electron chi connectivity index (χ4n) is 3.84. The quantitative estimate of drug-likeness (QED) is 0.156. The van der Waals surface area contributed by atoms with E-state index < -0.39 is 0 Å². The lowest BCUT2D eigenvalue weighted by Gasteiger charge is -2.31. The second-order valence-electron chi connectivity index (χ2n) is 8.53. The summed E-state index contributed by atoms with van der Waals surface area (Å²) < 4.78 is 22.2. The van der Waals surface area contributed by atoms with Crippen LogP contribution in [0, 0.1) is 11.8 Å². The molecule has 0 spiro atoms. The van der Waals surface area contributed by atoms with Crippen LogP contribution in [-0.2, 0) is 33.3 Å². The molecule has 4 unspecified atom stereocenters. The molecule has 0 fully saturated rings. The molecule has 4 atom stereocenters. The molecule has 0 aromatic heterocycles. The van der Waals surface area contributed by atoms with E-state index in [4.69, 9.17) is 18.9 Å². The predicted octanol–water partition coefficient (Wildman–Crippen LogP) is 3.60. The lowest BCUT2D eigenvalue weighted by molar-refractivity contribution is -0.158. The van der Waals surface area contributed by atoms with E-state index in [0.29, 0.717) is 51.1 Å². The molecule has 0 N–H and O–H groups in total. The Labute approximate surface area is 194 Å². The molecule has 0 aromatic rings. The number of hydrogen-bond acceptors (Lipinski definition) is 7. The number of amides is 1. The molecule has 0 radical (unpaired) electrons. The highest BCUT2D eigenvalue weighted by molar-refractivity contribution is 5.75. The van der Waals surface area contributed by atoms with Gasteiger partial charge in [0, 0.05) is 53.7 Å². The molecule has 0 bridgehead atoms. The van der Waals surface area contributed by atoms with Crippen LogP contribution in [-0.4, -0.2) is 76.0 Å². The van der Waals surface area contributed by atoms with Crippen molar-refractivity contribution in [2.24, 2.45) is 11.8 Å². The summed E-state index contributed by atoms with van der Waals surface area (Å²) >= 11 is 0. The zero-order valence-electron chi connectivity index (χ0n) is 21.1. The Morgan fingerprint density at radius 2 is 1.59 bits per heavy atom. The van der Waals surface area contributed by atoms with Crippen molar-refractivity contribution in [3.05, 3.63) is 0 Å². The minimum absolute atomic E-state index is 0.0787. The van der Waals surface area contributed by atoms with Crippen LogP contribution in [0.25, 0.3) is 0 Å². The van der Waals surface area contributed by atoms with Crippen molar-refractivity contribution < 1.29 is 33.3 Å². The molecule has 0 heterocycles. The third-order valence-corrected chi connectivity index (χ3v) is 5.85. The summed E-state index contributed by atoms with van der Waals surface area (Å²) in [5.41, 5.74) is 0. The smallest absolute Gasteiger partial charge is 0.305 e. The van der Waals surface area contributed by atoms with Crippen molar-refractivity contribution in [3.63, 3.8) is 0 Å². The third-order valence-electron chi connectivity index (χ3n) is 5.85. The molecule has 0 saturated carbocycles. The largest absolute Gasteiger partial charge is 0.460 e. The van der Waals surface area contributed by atoms with Crippen LogP contribution in [0.1, 0.15) is 72.6 Å². The van der Waals surface area contributed by atoms with E-state index in [1.54, 1.807) is 33.2 Å². The number of rotatable bonds is 20. The van der Waals surface area contributed by atoms with Gasteiger partial charge in [-0.05, 0) is 44.4 Å². The molecule has 0 rings (SSSR count). The second kappa shape index (κ2) is 18.0. The molecule has 32 heavy (non-hydrogen) atoms. The molecule has 188 valence electrons. The Morgan fingerprint density at radius 3 is 2.06 bits per heavy atom. The standard InChI is InChI=1S/C24H45NO7/c1-8-21(32-23(28)9-2)22(29-5)15-20(16-24(30-6)31-7)14-18(3)10-12-25(17-26)13-11-19(4)27/h17-18,20-22,24H,8-16H2,1-7H3. The van der Waals surface area contributed by atoms with Crippen LogP contribution < -0.4 is 0 Å². The van der Waals surface area contributed by atoms with Gasteiger partial charge in [0.25, 0.3) is 0 Å². The van der Waals surface area contributed by atoms with Crippen LogP contribution in [0.15, 0.2) is 0 Å². The van der Waals surface area contributed by atoms with Crippen molar-refractivity contribution >= 4 is 18.2 Å². The highest BCUT2D eigenvalue weighted by atomic mass is 16.7. The van der Waals surface area contributed by atoms with Gasteiger partial charge < -0.3 is 23.8 Å². The zero-order chi connectivity index (χ0) is 24.5. The van der Waals surface area contributed by atoms with Gasteiger partial charge >= 0.3 is 5.97 Å². The maximum Gasteiger partial charge on any atom is 0.305 e. The predicted molar refractivity (Wildman–Crippen MR) is 123 cm³/mol. The molecule has 8 heteroatoms. The first-order valence-corrected chi connectivity index (χ1v) is 11.7. The van der Waals surface area contributed by atoms with Crippen molar-refractivity contribution in [1.82, 2.24) is 4.90 Å². The van der Waals surface area contributed by atoms with Gasteiger partial charge in [-0.2, -0.15) is 0 Å². The van der Waals surface area contributed by atoms with Crippen LogP contribution >= 0.6 is 0 Å². The number of nitrogens with zero attached hydrogens (tertiary/aromatic N) is 1. The van der Waals surface area contributed by atoms with Gasteiger partial charge in [-0.15, -0.1) is 0 Å². The zero-order valence-corrected chi connectivity index (χ0v) is 21.1. The topological polar surface area (TPSA) is 91.4 Å². The number of ether oxygens (including phenoxy) is 4. The average molecular weight is 460 g/mol. The summed E-state index contributed by atoms with van der Waals surface area (Å²) in [6, 6.07) is 0. The first-order valence-electron chi connectivity index (χ1n) is 11.7. The van der Waals surface area contributed by atoms with Crippen molar-refractivity contribution in [1.29, 1.82) is 0 Å². The summed E-state index contributed by atoms with van der Waals surface area (Å²) in [7, 11) is 4.89. The monoisotopic (exact) mass is 459 g/mol. The number of carbonyl (C=O) groups is 3. The maximum atomic E-state index is 11.8. The van der Waals surface area contributed by atoms with E-state index in [1.807, 2.05) is 6.92 Å². The fraction of sp³-hybridized carbons (Fsp3) is 0.875. The summed E-state index contributed by atoms with van der Waals surface area (Å²) in [6.07, 6.45) is 4.47. The van der Waals surface area contributed by atoms with Crippen LogP contribution in [0.3, 0.4) is 0 Å². The van der Waals surface area contributed by atoms with Gasteiger partial charge in [-0.3, -0.25) is 14.4 Å². The van der Waals surface area contributed by atoms with Gasteiger partial charge in [0.1, 0.15) is 11.9 Å². The lowest BCUT2D eigenvalue weighted by Crippen LogP contribution is -2.35. The van der Waals surface area contributed by atoms with Crippen molar-refractivity contribution in [2.75, 3.05) is 34.4 Å². The highest BCUT2D eigenvalue weighted by Crippen LogP contribution is 2.28. The number of carbonyl (C=O) groups excluding carboxylic acids is 3. The van der Waals surface area contributed by atoms with E-state index >= 15 is 0 Å². The number of ketones is 1. The second-order valence-corrected chi connectivity index (χ2v) is 8.53. The molecule has 8 nitrogen and oxygen atoms in total. The Bertz CT molecular complexity index is 524. The van der Waals surface area contributed by atoms with Crippen molar-refractivity contribution in [2.45, 2.75) is 91.1 Å². The number of Topliss-reactive ketones (excluding diaryl/α,β-unsaturated/α-hetero) is 1. The SMILES string of the molecule is CCC(=O)OC(CC)C(CC(CC(C)CCN(C=O)CCC(C)=O)CC(OC)OC)OC. The van der Waals surface area contributed by atoms with E-state index in [2.05, 4.69) is 6.92 Å². The van der Waals surface area contributed by atoms with Crippen LogP contribution in [0.4, 0.5) is 0 Å². The third kappa shape index (κ3) is 13.1. The Hall–Kier alpha value is -1.51. The minimum atomic E-state index is -0.329. The first kappa shape index (κ1) is 30.5. The molecule has 0 aliphatic carbocycles. The molecule has 0 saturated heterocycles.